The fourth-order valence-corrected chi connectivity index (χ4v) is 6.44. The molecule has 0 bridgehead atoms. The number of rotatable bonds is 6. The fraction of sp³-hybridized carbons (Fsp3) is 0.147. The first-order valence-electron chi connectivity index (χ1n) is 14.0. The largest absolute Gasteiger partial charge is 0.497 e. The summed E-state index contributed by atoms with van der Waals surface area (Å²) < 4.78 is 5.28. The van der Waals surface area contributed by atoms with Crippen molar-refractivity contribution in [3.63, 3.8) is 0 Å². The van der Waals surface area contributed by atoms with Crippen LogP contribution < -0.4 is 15.0 Å². The van der Waals surface area contributed by atoms with E-state index >= 15 is 0 Å². The Morgan fingerprint density at radius 2 is 1.77 bits per heavy atom. The molecule has 0 unspecified atom stereocenters. The predicted molar refractivity (Wildman–Crippen MR) is 164 cm³/mol. The van der Waals surface area contributed by atoms with Crippen molar-refractivity contribution in [2.75, 3.05) is 12.0 Å². The second kappa shape index (κ2) is 10.6. The van der Waals surface area contributed by atoms with Gasteiger partial charge < -0.3 is 15.0 Å². The highest BCUT2D eigenvalue weighted by molar-refractivity contribution is 6.30. The summed E-state index contributed by atoms with van der Waals surface area (Å²) in [7, 11) is 1.58. The topological polar surface area (TPSA) is 94.7 Å². The first kappa shape index (κ1) is 26.8. The molecule has 4 amide bonds. The Kier molecular flexibility index (Phi) is 6.63. The van der Waals surface area contributed by atoms with Gasteiger partial charge in [0.15, 0.2) is 0 Å². The normalized spacial score (nSPS) is 17.6. The van der Waals surface area contributed by atoms with E-state index in [1.807, 2.05) is 66.7 Å². The van der Waals surface area contributed by atoms with Crippen molar-refractivity contribution in [3.05, 3.63) is 130 Å². The molecule has 0 spiro atoms. The van der Waals surface area contributed by atoms with Crippen molar-refractivity contribution >= 4 is 46.0 Å². The number of anilines is 1. The number of hydrogen-bond donors (Lipinski definition) is 2. The molecule has 0 saturated carbocycles. The van der Waals surface area contributed by atoms with Gasteiger partial charge in [0.25, 0.3) is 11.8 Å². The Hall–Kier alpha value is -5.08. The third kappa shape index (κ3) is 4.51. The van der Waals surface area contributed by atoms with E-state index in [2.05, 4.69) is 10.3 Å². The maximum atomic E-state index is 14.3. The highest BCUT2D eigenvalue weighted by atomic mass is 35.5. The molecule has 8 nitrogen and oxygen atoms in total. The minimum Gasteiger partial charge on any atom is -0.497 e. The van der Waals surface area contributed by atoms with Gasteiger partial charge in [-0.1, -0.05) is 66.2 Å². The van der Waals surface area contributed by atoms with E-state index in [0.29, 0.717) is 17.2 Å². The predicted octanol–water partition coefficient (Wildman–Crippen LogP) is 6.24. The number of H-pyrrole nitrogens is 1. The van der Waals surface area contributed by atoms with E-state index in [1.54, 1.807) is 42.3 Å². The highest BCUT2D eigenvalue weighted by Gasteiger charge is 2.53. The second-order valence-electron chi connectivity index (χ2n) is 10.7. The summed E-state index contributed by atoms with van der Waals surface area (Å²) >= 11 is 6.41. The third-order valence-corrected chi connectivity index (χ3v) is 8.43. The molecule has 2 aliphatic heterocycles. The summed E-state index contributed by atoms with van der Waals surface area (Å²) in [5.74, 6) is -0.0866. The average molecular weight is 591 g/mol. The quantitative estimate of drug-likeness (QED) is 0.229. The number of imide groups is 1. The Bertz CT molecular complexity index is 1920. The van der Waals surface area contributed by atoms with Crippen molar-refractivity contribution < 1.29 is 19.1 Å². The van der Waals surface area contributed by atoms with E-state index in [1.165, 1.54) is 0 Å². The number of urea groups is 1. The molecule has 9 heteroatoms. The van der Waals surface area contributed by atoms with Gasteiger partial charge in [-0.15, -0.1) is 0 Å². The molecule has 0 aliphatic carbocycles. The van der Waals surface area contributed by atoms with Gasteiger partial charge in [-0.05, 0) is 59.2 Å². The average Bonchev–Trinajstić information content (AvgIpc) is 3.52. The number of amides is 4. The number of hydrogen-bond acceptors (Lipinski definition) is 4. The van der Waals surface area contributed by atoms with Gasteiger partial charge in [0.05, 0.1) is 18.4 Å². The monoisotopic (exact) mass is 590 g/mol. The molecule has 4 aromatic carbocycles. The number of halogens is 1. The van der Waals surface area contributed by atoms with E-state index in [-0.39, 0.29) is 23.7 Å². The summed E-state index contributed by atoms with van der Waals surface area (Å²) in [5, 5.41) is 4.46. The van der Waals surface area contributed by atoms with Gasteiger partial charge in [-0.3, -0.25) is 14.5 Å². The number of methoxy groups -OCH3 is 1. The van der Waals surface area contributed by atoms with E-state index in [0.717, 1.165) is 38.2 Å². The van der Waals surface area contributed by atoms with Crippen LogP contribution in [0.4, 0.5) is 10.5 Å². The van der Waals surface area contributed by atoms with Crippen LogP contribution in [0.3, 0.4) is 0 Å². The zero-order valence-corrected chi connectivity index (χ0v) is 24.0. The Morgan fingerprint density at radius 3 is 2.60 bits per heavy atom. The van der Waals surface area contributed by atoms with Crippen LogP contribution in [0.25, 0.3) is 10.9 Å². The van der Waals surface area contributed by atoms with E-state index in [4.69, 9.17) is 16.3 Å². The number of carbonyl (C=O) groups is 3. The molecule has 1 fully saturated rings. The van der Waals surface area contributed by atoms with Crippen LogP contribution in [-0.2, 0) is 17.8 Å². The van der Waals surface area contributed by atoms with Gasteiger partial charge in [0.1, 0.15) is 17.8 Å². The van der Waals surface area contributed by atoms with E-state index in [9.17, 15) is 14.4 Å². The zero-order valence-electron chi connectivity index (χ0n) is 23.2. The molecule has 2 N–H and O–H groups in total. The number of aromatic nitrogens is 1. The fourth-order valence-electron chi connectivity index (χ4n) is 6.24. The smallest absolute Gasteiger partial charge is 0.332 e. The van der Waals surface area contributed by atoms with Crippen LogP contribution in [0.1, 0.15) is 38.8 Å². The molecule has 2 aliphatic rings. The Balaban J connectivity index is 1.26. The lowest BCUT2D eigenvalue weighted by molar-refractivity contribution is -0.120. The summed E-state index contributed by atoms with van der Waals surface area (Å²) in [6.07, 6.45) is 0.349. The lowest BCUT2D eigenvalue weighted by Gasteiger charge is -2.36. The summed E-state index contributed by atoms with van der Waals surface area (Å²) in [6, 6.07) is 27.6. The standard InChI is InChI=1S/C34H27ClN4O4/c1-43-23-11-6-8-20(16-23)19-36-32(40)25-13-3-5-15-28(25)39-33(41)29-18-26-24-12-2-4-14-27(24)37-30(26)31(38(29)34(39)42)21-9-7-10-22(35)17-21/h2-17,29,31,37H,18-19H2,1H3,(H,36,40)/t29-,31-/m0/s1. The number of para-hydroxylation sites is 2. The Labute approximate surface area is 252 Å². The van der Waals surface area contributed by atoms with Crippen molar-refractivity contribution in [2.24, 2.45) is 0 Å². The first-order valence-corrected chi connectivity index (χ1v) is 14.3. The van der Waals surface area contributed by atoms with Gasteiger partial charge in [0.2, 0.25) is 0 Å². The van der Waals surface area contributed by atoms with Crippen molar-refractivity contribution in [1.29, 1.82) is 0 Å². The van der Waals surface area contributed by atoms with Crippen molar-refractivity contribution in [1.82, 2.24) is 15.2 Å². The van der Waals surface area contributed by atoms with Gasteiger partial charge >= 0.3 is 6.03 Å². The summed E-state index contributed by atoms with van der Waals surface area (Å²) in [6.45, 7) is 0.250. The number of carbonyl (C=O) groups excluding carboxylic acids is 3. The SMILES string of the molecule is COc1cccc(CNC(=O)c2ccccc2N2C(=O)[C@@H]3Cc4c([nH]c5ccccc45)[C@H](c4cccc(Cl)c4)N3C2=O)c1. The molecule has 3 heterocycles. The lowest BCUT2D eigenvalue weighted by atomic mass is 9.89. The summed E-state index contributed by atoms with van der Waals surface area (Å²) in [5.41, 5.74) is 4.91. The van der Waals surface area contributed by atoms with Crippen LogP contribution in [0, 0.1) is 0 Å². The molecule has 1 saturated heterocycles. The van der Waals surface area contributed by atoms with Crippen LogP contribution in [0.2, 0.25) is 5.02 Å². The van der Waals surface area contributed by atoms with Gasteiger partial charge in [-0.25, -0.2) is 9.69 Å². The Morgan fingerprint density at radius 1 is 0.977 bits per heavy atom. The van der Waals surface area contributed by atoms with Crippen LogP contribution in [0.15, 0.2) is 97.1 Å². The highest BCUT2D eigenvalue weighted by Crippen LogP contribution is 2.45. The minimum atomic E-state index is -0.754. The molecule has 0 radical (unpaired) electrons. The van der Waals surface area contributed by atoms with Crippen molar-refractivity contribution in [3.8, 4) is 5.75 Å². The molecule has 2 atom stereocenters. The number of benzene rings is 4. The van der Waals surface area contributed by atoms with Crippen LogP contribution >= 0.6 is 11.6 Å². The number of aromatic amines is 1. The lowest BCUT2D eigenvalue weighted by Crippen LogP contribution is -2.44. The van der Waals surface area contributed by atoms with Crippen LogP contribution in [0.5, 0.6) is 5.75 Å². The number of nitrogens with one attached hydrogen (secondary N) is 2. The molecular weight excluding hydrogens is 564 g/mol. The summed E-state index contributed by atoms with van der Waals surface area (Å²) in [4.78, 5) is 48.2. The molecule has 7 rings (SSSR count). The molecule has 1 aromatic heterocycles. The maximum Gasteiger partial charge on any atom is 0.332 e. The molecule has 214 valence electrons. The molecular formula is C34H27ClN4O4. The van der Waals surface area contributed by atoms with Gasteiger partial charge in [0, 0.05) is 34.6 Å². The third-order valence-electron chi connectivity index (χ3n) is 8.19. The maximum absolute atomic E-state index is 14.3. The minimum absolute atomic E-state index is 0.232. The molecule has 5 aromatic rings. The van der Waals surface area contributed by atoms with Crippen LogP contribution in [-0.4, -0.2) is 40.9 Å². The number of fused-ring (bicyclic) bond motifs is 4. The second-order valence-corrected chi connectivity index (χ2v) is 11.1. The molecule has 43 heavy (non-hydrogen) atoms. The van der Waals surface area contributed by atoms with Crippen molar-refractivity contribution in [2.45, 2.75) is 25.0 Å². The zero-order chi connectivity index (χ0) is 29.7. The van der Waals surface area contributed by atoms with E-state index < -0.39 is 24.0 Å². The number of nitrogens with zero attached hydrogens (tertiary/aromatic N) is 2. The number of ether oxygens (including phenoxy) is 1. The first-order chi connectivity index (χ1) is 20.9. The van der Waals surface area contributed by atoms with Gasteiger partial charge in [-0.2, -0.15) is 0 Å².